The molecule has 0 radical (unpaired) electrons. The van der Waals surface area contributed by atoms with Crippen LogP contribution < -0.4 is 5.43 Å². The third-order valence-corrected chi connectivity index (χ3v) is 4.84. The Morgan fingerprint density at radius 3 is 2.71 bits per heavy atom. The molecule has 0 fully saturated rings. The third kappa shape index (κ3) is 2.59. The molecule has 0 unspecified atom stereocenters. The predicted molar refractivity (Wildman–Crippen MR) is 101 cm³/mol. The molecule has 4 aromatic rings. The number of hydrazone groups is 1. The van der Waals surface area contributed by atoms with Gasteiger partial charge in [0, 0.05) is 10.9 Å². The number of hydrogen-bond acceptors (Lipinski definition) is 5. The molecule has 0 aliphatic rings. The van der Waals surface area contributed by atoms with Crippen LogP contribution in [0, 0.1) is 0 Å². The number of benzene rings is 3. The monoisotopic (exact) mass is 333 g/mol. The molecule has 24 heavy (non-hydrogen) atoms. The Morgan fingerprint density at radius 2 is 1.83 bits per heavy atom. The van der Waals surface area contributed by atoms with Crippen molar-refractivity contribution in [3.63, 3.8) is 0 Å². The van der Waals surface area contributed by atoms with Gasteiger partial charge in [-0.2, -0.15) is 5.10 Å². The minimum atomic E-state index is 0.250. The third-order valence-electron chi connectivity index (χ3n) is 3.90. The number of hydrogen-bond donors (Lipinski definition) is 2. The maximum atomic E-state index is 10.5. The van der Waals surface area contributed by atoms with Crippen molar-refractivity contribution >= 4 is 43.2 Å². The van der Waals surface area contributed by atoms with E-state index in [1.54, 1.807) is 11.3 Å². The van der Waals surface area contributed by atoms with E-state index in [9.17, 15) is 5.11 Å². The van der Waals surface area contributed by atoms with Crippen molar-refractivity contribution in [2.75, 3.05) is 5.43 Å². The lowest BCUT2D eigenvalue weighted by Crippen LogP contribution is -2.00. The average Bonchev–Trinajstić information content (AvgIpc) is 3.03. The Labute approximate surface area is 143 Å². The summed E-state index contributed by atoms with van der Waals surface area (Å²) >= 11 is 1.55. The van der Waals surface area contributed by atoms with E-state index in [4.69, 9.17) is 0 Å². The molecule has 5 heteroatoms. The van der Waals surface area contributed by atoms with Crippen molar-refractivity contribution in [1.29, 1.82) is 0 Å². The molecule has 0 aliphatic carbocycles. The Morgan fingerprint density at radius 1 is 1.04 bits per heavy atom. The van der Waals surface area contributed by atoms with E-state index in [1.807, 2.05) is 67.6 Å². The molecule has 4 rings (SSSR count). The van der Waals surface area contributed by atoms with Gasteiger partial charge in [0.2, 0.25) is 5.13 Å². The highest BCUT2D eigenvalue weighted by atomic mass is 32.1. The molecular weight excluding hydrogens is 318 g/mol. The standard InChI is InChI=1S/C19H15N3OS/c1-12(14-11-10-13-6-2-3-7-15(13)18(14)23)21-22-19-20-16-8-4-5-9-17(16)24-19/h2-11,23H,1H3,(H,20,22)/b21-12+. The first-order valence-electron chi connectivity index (χ1n) is 7.59. The molecule has 4 nitrogen and oxygen atoms in total. The van der Waals surface area contributed by atoms with Gasteiger partial charge in [-0.1, -0.05) is 53.8 Å². The van der Waals surface area contributed by atoms with Gasteiger partial charge < -0.3 is 5.11 Å². The van der Waals surface area contributed by atoms with E-state index < -0.39 is 0 Å². The van der Waals surface area contributed by atoms with Crippen LogP contribution in [-0.4, -0.2) is 15.8 Å². The fourth-order valence-corrected chi connectivity index (χ4v) is 3.47. The molecule has 0 atom stereocenters. The molecule has 0 saturated heterocycles. The fourth-order valence-electron chi connectivity index (χ4n) is 2.66. The van der Waals surface area contributed by atoms with Crippen LogP contribution in [0.15, 0.2) is 65.8 Å². The number of phenolic OH excluding ortho intramolecular Hbond substituents is 1. The molecule has 0 amide bonds. The van der Waals surface area contributed by atoms with Crippen LogP contribution in [-0.2, 0) is 0 Å². The Bertz CT molecular complexity index is 1040. The van der Waals surface area contributed by atoms with E-state index in [0.717, 1.165) is 26.1 Å². The molecule has 3 aromatic carbocycles. The zero-order valence-electron chi connectivity index (χ0n) is 13.0. The van der Waals surface area contributed by atoms with E-state index in [0.29, 0.717) is 11.3 Å². The van der Waals surface area contributed by atoms with Gasteiger partial charge in [-0.15, -0.1) is 0 Å². The number of aromatic hydroxyl groups is 1. The maximum absolute atomic E-state index is 10.5. The molecule has 0 aliphatic heterocycles. The lowest BCUT2D eigenvalue weighted by molar-refractivity contribution is 0.480. The van der Waals surface area contributed by atoms with E-state index in [-0.39, 0.29) is 5.75 Å². The van der Waals surface area contributed by atoms with Gasteiger partial charge in [0.05, 0.1) is 15.9 Å². The van der Waals surface area contributed by atoms with E-state index >= 15 is 0 Å². The summed E-state index contributed by atoms with van der Waals surface area (Å²) in [6, 6.07) is 19.6. The van der Waals surface area contributed by atoms with Gasteiger partial charge in [-0.25, -0.2) is 4.98 Å². The van der Waals surface area contributed by atoms with Gasteiger partial charge in [0.1, 0.15) is 5.75 Å². The largest absolute Gasteiger partial charge is 0.507 e. The summed E-state index contributed by atoms with van der Waals surface area (Å²) in [7, 11) is 0. The second-order valence-corrected chi connectivity index (χ2v) is 6.51. The van der Waals surface area contributed by atoms with E-state index in [2.05, 4.69) is 15.5 Å². The van der Waals surface area contributed by atoms with E-state index in [1.165, 1.54) is 0 Å². The van der Waals surface area contributed by atoms with Crippen molar-refractivity contribution in [2.24, 2.45) is 5.10 Å². The summed E-state index contributed by atoms with van der Waals surface area (Å²) in [5.41, 5.74) is 5.36. The number of aromatic nitrogens is 1. The Balaban J connectivity index is 1.66. The quantitative estimate of drug-likeness (QED) is 0.410. The highest BCUT2D eigenvalue weighted by Crippen LogP contribution is 2.29. The van der Waals surface area contributed by atoms with Crippen LogP contribution in [0.25, 0.3) is 21.0 Å². The number of nitrogens with zero attached hydrogens (tertiary/aromatic N) is 2. The summed E-state index contributed by atoms with van der Waals surface area (Å²) in [6.45, 7) is 1.87. The number of fused-ring (bicyclic) bond motifs is 2. The van der Waals surface area contributed by atoms with Crippen molar-refractivity contribution in [3.8, 4) is 5.75 Å². The van der Waals surface area contributed by atoms with Crippen LogP contribution in [0.3, 0.4) is 0 Å². The topological polar surface area (TPSA) is 57.5 Å². The minimum absolute atomic E-state index is 0.250. The number of para-hydroxylation sites is 1. The van der Waals surface area contributed by atoms with Gasteiger partial charge in [-0.3, -0.25) is 5.43 Å². The van der Waals surface area contributed by atoms with Crippen LogP contribution in [0.4, 0.5) is 5.13 Å². The van der Waals surface area contributed by atoms with Crippen molar-refractivity contribution in [3.05, 3.63) is 66.2 Å². The van der Waals surface area contributed by atoms with Crippen LogP contribution >= 0.6 is 11.3 Å². The minimum Gasteiger partial charge on any atom is -0.507 e. The SMILES string of the molecule is C/C(=N\Nc1nc2ccccc2s1)c1ccc2ccccc2c1O. The first kappa shape index (κ1) is 14.7. The Kier molecular flexibility index (Phi) is 3.63. The zero-order valence-corrected chi connectivity index (χ0v) is 13.8. The number of nitrogens with one attached hydrogen (secondary N) is 1. The lowest BCUT2D eigenvalue weighted by Gasteiger charge is -2.07. The molecule has 1 aromatic heterocycles. The summed E-state index contributed by atoms with van der Waals surface area (Å²) in [5.74, 6) is 0.250. The number of phenols is 1. The molecule has 2 N–H and O–H groups in total. The van der Waals surface area contributed by atoms with Gasteiger partial charge >= 0.3 is 0 Å². The first-order chi connectivity index (χ1) is 11.7. The van der Waals surface area contributed by atoms with Crippen molar-refractivity contribution in [2.45, 2.75) is 6.92 Å². The zero-order chi connectivity index (χ0) is 16.5. The Hall–Kier alpha value is -2.92. The molecule has 1 heterocycles. The second-order valence-electron chi connectivity index (χ2n) is 5.48. The number of anilines is 1. The molecule has 0 spiro atoms. The molecule has 118 valence electrons. The molecule has 0 saturated carbocycles. The fraction of sp³-hybridized carbons (Fsp3) is 0.0526. The molecular formula is C19H15N3OS. The van der Waals surface area contributed by atoms with Gasteiger partial charge in [0.25, 0.3) is 0 Å². The predicted octanol–water partition coefficient (Wildman–Crippen LogP) is 4.99. The first-order valence-corrected chi connectivity index (χ1v) is 8.41. The number of thiazole rings is 1. The second kappa shape index (κ2) is 5.94. The summed E-state index contributed by atoms with van der Waals surface area (Å²) in [6.07, 6.45) is 0. The van der Waals surface area contributed by atoms with Crippen LogP contribution in [0.1, 0.15) is 12.5 Å². The van der Waals surface area contributed by atoms with Crippen molar-refractivity contribution in [1.82, 2.24) is 4.98 Å². The lowest BCUT2D eigenvalue weighted by atomic mass is 10.0. The summed E-state index contributed by atoms with van der Waals surface area (Å²) < 4.78 is 1.11. The highest BCUT2D eigenvalue weighted by molar-refractivity contribution is 7.22. The van der Waals surface area contributed by atoms with Crippen LogP contribution in [0.5, 0.6) is 5.75 Å². The van der Waals surface area contributed by atoms with Crippen molar-refractivity contribution < 1.29 is 5.11 Å². The smallest absolute Gasteiger partial charge is 0.204 e. The molecule has 0 bridgehead atoms. The average molecular weight is 333 g/mol. The normalized spacial score (nSPS) is 12.0. The number of rotatable bonds is 3. The summed E-state index contributed by atoms with van der Waals surface area (Å²) in [4.78, 5) is 4.49. The van der Waals surface area contributed by atoms with Gasteiger partial charge in [0.15, 0.2) is 0 Å². The van der Waals surface area contributed by atoms with Crippen LogP contribution in [0.2, 0.25) is 0 Å². The van der Waals surface area contributed by atoms with Gasteiger partial charge in [-0.05, 0) is 30.5 Å². The highest BCUT2D eigenvalue weighted by Gasteiger charge is 2.09. The maximum Gasteiger partial charge on any atom is 0.204 e. The summed E-state index contributed by atoms with van der Waals surface area (Å²) in [5, 5.41) is 17.5.